The predicted octanol–water partition coefficient (Wildman–Crippen LogP) is 1.07. The van der Waals surface area contributed by atoms with Crippen LogP contribution in [0.2, 0.25) is 0 Å². The van der Waals surface area contributed by atoms with Gasteiger partial charge in [-0.05, 0) is 38.1 Å². The highest BCUT2D eigenvalue weighted by atomic mass is 16.5. The lowest BCUT2D eigenvalue weighted by Crippen LogP contribution is -2.26. The molecule has 0 radical (unpaired) electrons. The molecule has 1 aromatic carbocycles. The van der Waals surface area contributed by atoms with Gasteiger partial charge in [0.25, 0.3) is 0 Å². The normalized spacial score (nSPS) is 15.6. The molecule has 0 bridgehead atoms. The Bertz CT molecular complexity index is 659. The van der Waals surface area contributed by atoms with Crippen molar-refractivity contribution in [1.29, 1.82) is 5.41 Å². The Morgan fingerprint density at radius 2 is 2.14 bits per heavy atom. The molecule has 2 aromatic rings. The Kier molecular flexibility index (Phi) is 3.66. The highest BCUT2D eigenvalue weighted by Crippen LogP contribution is 2.21. The van der Waals surface area contributed by atoms with Crippen molar-refractivity contribution in [3.63, 3.8) is 0 Å². The maximum Gasteiger partial charge on any atom is 0.237 e. The Hall–Kier alpha value is -2.28. The maximum absolute atomic E-state index is 10.2. The number of imidazole rings is 1. The second kappa shape index (κ2) is 5.61. The molecule has 0 aliphatic carbocycles. The van der Waals surface area contributed by atoms with Crippen LogP contribution < -0.4 is 11.1 Å². The topological polar surface area (TPSA) is 103 Å². The number of fused-ring (bicyclic) bond motifs is 1. The van der Waals surface area contributed by atoms with Gasteiger partial charge in [-0.3, -0.25) is 5.41 Å². The third-order valence-corrected chi connectivity index (χ3v) is 3.85. The van der Waals surface area contributed by atoms with Crippen molar-refractivity contribution in [3.05, 3.63) is 23.8 Å². The first-order valence-electron chi connectivity index (χ1n) is 7.18. The Morgan fingerprint density at radius 1 is 1.38 bits per heavy atom. The van der Waals surface area contributed by atoms with Gasteiger partial charge in [0, 0.05) is 18.7 Å². The van der Waals surface area contributed by atoms with E-state index in [1.54, 1.807) is 18.2 Å². The van der Waals surface area contributed by atoms with Crippen molar-refractivity contribution >= 4 is 22.8 Å². The largest absolute Gasteiger partial charge is 0.425 e. The average Bonchev–Trinajstić information content (AvgIpc) is 3.08. The van der Waals surface area contributed by atoms with Gasteiger partial charge in [0.1, 0.15) is 11.4 Å². The van der Waals surface area contributed by atoms with Gasteiger partial charge in [-0.2, -0.15) is 0 Å². The van der Waals surface area contributed by atoms with Crippen molar-refractivity contribution < 1.29 is 5.21 Å². The standard InChI is InChI=1S/C14H20N6O/c15-13(16)10-4-3-5-11-12(10)20(21)14(18-11)17-6-9-19-7-1-2-8-19/h3-5,21H,1-2,6-9H2,(H3,15,16)(H,17,18). The second-order valence-electron chi connectivity index (χ2n) is 5.31. The summed E-state index contributed by atoms with van der Waals surface area (Å²) in [5.74, 6) is 0.303. The zero-order valence-corrected chi connectivity index (χ0v) is 11.8. The zero-order valence-electron chi connectivity index (χ0n) is 11.8. The summed E-state index contributed by atoms with van der Waals surface area (Å²) >= 11 is 0. The minimum Gasteiger partial charge on any atom is -0.425 e. The number of anilines is 1. The van der Waals surface area contributed by atoms with Crippen molar-refractivity contribution in [2.24, 2.45) is 5.73 Å². The number of nitrogens with zero attached hydrogens (tertiary/aromatic N) is 3. The highest BCUT2D eigenvalue weighted by Gasteiger charge is 2.15. The number of nitrogen functional groups attached to an aromatic ring is 1. The van der Waals surface area contributed by atoms with Crippen molar-refractivity contribution in [2.75, 3.05) is 31.5 Å². The molecule has 3 rings (SSSR count). The monoisotopic (exact) mass is 288 g/mol. The molecule has 5 N–H and O–H groups in total. The first kappa shape index (κ1) is 13.7. The number of aromatic nitrogens is 2. The highest BCUT2D eigenvalue weighted by molar-refractivity contribution is 6.06. The Balaban J connectivity index is 1.78. The molecule has 0 spiro atoms. The quantitative estimate of drug-likeness (QED) is 0.374. The summed E-state index contributed by atoms with van der Waals surface area (Å²) in [6, 6.07) is 5.27. The lowest BCUT2D eigenvalue weighted by molar-refractivity contribution is 0.203. The van der Waals surface area contributed by atoms with Crippen LogP contribution in [-0.4, -0.2) is 51.8 Å². The van der Waals surface area contributed by atoms with E-state index in [2.05, 4.69) is 15.2 Å². The number of likely N-dealkylation sites (tertiary alicyclic amines) is 1. The van der Waals surface area contributed by atoms with E-state index >= 15 is 0 Å². The fraction of sp³-hybridized carbons (Fsp3) is 0.429. The lowest BCUT2D eigenvalue weighted by Gasteiger charge is -2.14. The molecule has 1 saturated heterocycles. The van der Waals surface area contributed by atoms with Crippen LogP contribution in [0.5, 0.6) is 0 Å². The number of hydrogen-bond acceptors (Lipinski definition) is 5. The smallest absolute Gasteiger partial charge is 0.237 e. The maximum atomic E-state index is 10.2. The number of para-hydroxylation sites is 1. The van der Waals surface area contributed by atoms with E-state index in [9.17, 15) is 5.21 Å². The molecule has 1 aliphatic rings. The van der Waals surface area contributed by atoms with Gasteiger partial charge in [-0.25, -0.2) is 4.98 Å². The Morgan fingerprint density at radius 3 is 2.86 bits per heavy atom. The number of nitrogens with two attached hydrogens (primary N) is 1. The van der Waals surface area contributed by atoms with E-state index in [1.165, 1.54) is 12.8 Å². The molecule has 0 unspecified atom stereocenters. The molecule has 7 nitrogen and oxygen atoms in total. The molecule has 0 saturated carbocycles. The van der Waals surface area contributed by atoms with Crippen molar-refractivity contribution in [3.8, 4) is 0 Å². The molecule has 1 fully saturated rings. The van der Waals surface area contributed by atoms with Gasteiger partial charge in [0.05, 0.1) is 5.52 Å². The predicted molar refractivity (Wildman–Crippen MR) is 82.1 cm³/mol. The van der Waals surface area contributed by atoms with Crippen LogP contribution in [0.15, 0.2) is 18.2 Å². The first-order valence-corrected chi connectivity index (χ1v) is 7.18. The van der Waals surface area contributed by atoms with Gasteiger partial charge >= 0.3 is 0 Å². The average molecular weight is 288 g/mol. The number of nitrogens with one attached hydrogen (secondary N) is 2. The summed E-state index contributed by atoms with van der Waals surface area (Å²) in [5, 5.41) is 21.0. The number of hydrogen-bond donors (Lipinski definition) is 4. The molecular weight excluding hydrogens is 268 g/mol. The summed E-state index contributed by atoms with van der Waals surface area (Å²) in [4.78, 5) is 6.74. The van der Waals surface area contributed by atoms with Gasteiger partial charge in [-0.15, -0.1) is 4.73 Å². The van der Waals surface area contributed by atoms with Crippen LogP contribution in [0.1, 0.15) is 18.4 Å². The summed E-state index contributed by atoms with van der Waals surface area (Å²) in [6.07, 6.45) is 2.53. The molecule has 7 heteroatoms. The minimum absolute atomic E-state index is 0.0839. The summed E-state index contributed by atoms with van der Waals surface area (Å²) in [5.41, 5.74) is 7.11. The summed E-state index contributed by atoms with van der Waals surface area (Å²) in [7, 11) is 0. The number of rotatable bonds is 5. The van der Waals surface area contributed by atoms with E-state index in [0.717, 1.165) is 30.9 Å². The minimum atomic E-state index is -0.0839. The van der Waals surface area contributed by atoms with E-state index in [0.29, 0.717) is 22.5 Å². The first-order chi connectivity index (χ1) is 10.2. The molecule has 21 heavy (non-hydrogen) atoms. The zero-order chi connectivity index (χ0) is 14.8. The van der Waals surface area contributed by atoms with Gasteiger partial charge in [0.15, 0.2) is 0 Å². The molecule has 2 heterocycles. The molecular formula is C14H20N6O. The van der Waals surface area contributed by atoms with Crippen LogP contribution in [0, 0.1) is 5.41 Å². The van der Waals surface area contributed by atoms with E-state index in [-0.39, 0.29) is 5.84 Å². The summed E-state index contributed by atoms with van der Waals surface area (Å²) in [6.45, 7) is 3.94. The molecule has 1 aromatic heterocycles. The number of amidine groups is 1. The fourth-order valence-corrected chi connectivity index (χ4v) is 2.78. The van der Waals surface area contributed by atoms with Crippen LogP contribution in [0.3, 0.4) is 0 Å². The van der Waals surface area contributed by atoms with Gasteiger partial charge in [-0.1, -0.05) is 6.07 Å². The Labute approximate surface area is 122 Å². The second-order valence-corrected chi connectivity index (χ2v) is 5.31. The summed E-state index contributed by atoms with van der Waals surface area (Å²) < 4.78 is 0.982. The molecule has 0 atom stereocenters. The van der Waals surface area contributed by atoms with Crippen LogP contribution in [0.25, 0.3) is 11.0 Å². The van der Waals surface area contributed by atoms with Gasteiger partial charge in [0.2, 0.25) is 5.95 Å². The third-order valence-electron chi connectivity index (χ3n) is 3.85. The van der Waals surface area contributed by atoms with Crippen molar-refractivity contribution in [2.45, 2.75) is 12.8 Å². The molecule has 112 valence electrons. The SMILES string of the molecule is N=C(N)c1cccc2nc(NCCN3CCCC3)n(O)c12. The van der Waals surface area contributed by atoms with E-state index < -0.39 is 0 Å². The lowest BCUT2D eigenvalue weighted by atomic mass is 10.2. The van der Waals surface area contributed by atoms with Crippen LogP contribution in [-0.2, 0) is 0 Å². The van der Waals surface area contributed by atoms with Crippen LogP contribution >= 0.6 is 0 Å². The third kappa shape index (κ3) is 2.64. The van der Waals surface area contributed by atoms with Crippen molar-refractivity contribution in [1.82, 2.24) is 14.6 Å². The fourth-order valence-electron chi connectivity index (χ4n) is 2.78. The van der Waals surface area contributed by atoms with E-state index in [4.69, 9.17) is 11.1 Å². The van der Waals surface area contributed by atoms with E-state index in [1.807, 2.05) is 0 Å². The van der Waals surface area contributed by atoms with Gasteiger partial charge < -0.3 is 21.2 Å². The van der Waals surface area contributed by atoms with Crippen LogP contribution in [0.4, 0.5) is 5.95 Å². The molecule has 1 aliphatic heterocycles. The number of benzene rings is 1. The molecule has 0 amide bonds.